The maximum absolute atomic E-state index is 12.2. The predicted octanol–water partition coefficient (Wildman–Crippen LogP) is 2.21. The topological polar surface area (TPSA) is 79.2 Å². The predicted molar refractivity (Wildman–Crippen MR) is 79.4 cm³/mol. The van der Waals surface area contributed by atoms with Crippen molar-refractivity contribution in [2.45, 2.75) is 58.4 Å². The Kier molecular flexibility index (Phi) is 5.91. The van der Waals surface area contributed by atoms with Crippen LogP contribution in [-0.2, 0) is 14.3 Å². The third-order valence-corrected chi connectivity index (χ3v) is 4.37. The molecular weight excluding hydrogens is 268 g/mol. The van der Waals surface area contributed by atoms with E-state index >= 15 is 0 Å². The van der Waals surface area contributed by atoms with E-state index < -0.39 is 5.54 Å². The SMILES string of the molecule is COC(=O)C1(NCC(C(=O)CC#N)C(C)(C)C)CCCC1. The molecule has 1 rings (SSSR count). The molecular formula is C16H26N2O3. The largest absolute Gasteiger partial charge is 0.468 e. The Labute approximate surface area is 127 Å². The van der Waals surface area contributed by atoms with Gasteiger partial charge < -0.3 is 10.1 Å². The fourth-order valence-electron chi connectivity index (χ4n) is 3.03. The number of nitrogens with zero attached hydrogens (tertiary/aromatic N) is 1. The molecule has 0 bridgehead atoms. The lowest BCUT2D eigenvalue weighted by Crippen LogP contribution is -2.54. The van der Waals surface area contributed by atoms with Gasteiger partial charge in [-0.15, -0.1) is 0 Å². The third kappa shape index (κ3) is 4.28. The van der Waals surface area contributed by atoms with Gasteiger partial charge in [-0.3, -0.25) is 9.59 Å². The molecule has 0 aromatic heterocycles. The van der Waals surface area contributed by atoms with E-state index in [1.54, 1.807) is 0 Å². The van der Waals surface area contributed by atoms with Crippen LogP contribution in [0.1, 0.15) is 52.9 Å². The fourth-order valence-corrected chi connectivity index (χ4v) is 3.03. The molecule has 0 spiro atoms. The van der Waals surface area contributed by atoms with Crippen LogP contribution < -0.4 is 5.32 Å². The van der Waals surface area contributed by atoms with Gasteiger partial charge in [0, 0.05) is 12.5 Å². The van der Waals surface area contributed by atoms with Crippen LogP contribution in [0.2, 0.25) is 0 Å². The number of ketones is 1. The number of ether oxygens (including phenoxy) is 1. The molecule has 1 unspecified atom stereocenters. The van der Waals surface area contributed by atoms with Crippen LogP contribution in [0.15, 0.2) is 0 Å². The summed E-state index contributed by atoms with van der Waals surface area (Å²) < 4.78 is 4.92. The van der Waals surface area contributed by atoms with Crippen LogP contribution in [0, 0.1) is 22.7 Å². The van der Waals surface area contributed by atoms with E-state index in [1.165, 1.54) is 7.11 Å². The normalized spacial score (nSPS) is 18.8. The van der Waals surface area contributed by atoms with Crippen LogP contribution >= 0.6 is 0 Å². The molecule has 0 radical (unpaired) electrons. The zero-order chi connectivity index (χ0) is 16.1. The van der Waals surface area contributed by atoms with Gasteiger partial charge in [-0.1, -0.05) is 33.6 Å². The van der Waals surface area contributed by atoms with E-state index in [0.29, 0.717) is 6.54 Å². The molecule has 0 aromatic carbocycles. The lowest BCUT2D eigenvalue weighted by atomic mass is 9.77. The Bertz CT molecular complexity index is 426. The van der Waals surface area contributed by atoms with Crippen molar-refractivity contribution >= 4 is 11.8 Å². The van der Waals surface area contributed by atoms with Gasteiger partial charge in [0.25, 0.3) is 0 Å². The second-order valence-corrected chi connectivity index (χ2v) is 6.88. The van der Waals surface area contributed by atoms with E-state index in [9.17, 15) is 9.59 Å². The van der Waals surface area contributed by atoms with Gasteiger partial charge in [0.05, 0.1) is 19.6 Å². The third-order valence-electron chi connectivity index (χ3n) is 4.37. The minimum absolute atomic E-state index is 0.0736. The van der Waals surface area contributed by atoms with Crippen LogP contribution in [-0.4, -0.2) is 30.9 Å². The highest BCUT2D eigenvalue weighted by atomic mass is 16.5. The lowest BCUT2D eigenvalue weighted by Gasteiger charge is -2.34. The number of hydrogen-bond acceptors (Lipinski definition) is 5. The molecule has 1 aliphatic carbocycles. The standard InChI is InChI=1S/C16H26N2O3/c1-15(2,3)12(13(19)7-10-17)11-18-16(14(20)21-4)8-5-6-9-16/h12,18H,5-9,11H2,1-4H3. The Balaban J connectivity index is 2.82. The monoisotopic (exact) mass is 294 g/mol. The van der Waals surface area contributed by atoms with Gasteiger partial charge in [-0.2, -0.15) is 5.26 Å². The number of carbonyl (C=O) groups is 2. The quantitative estimate of drug-likeness (QED) is 0.760. The minimum atomic E-state index is -0.662. The molecule has 5 heteroatoms. The zero-order valence-electron chi connectivity index (χ0n) is 13.5. The number of carbonyl (C=O) groups excluding carboxylic acids is 2. The Morgan fingerprint density at radius 3 is 2.33 bits per heavy atom. The van der Waals surface area contributed by atoms with Crippen LogP contribution in [0.4, 0.5) is 0 Å². The summed E-state index contributed by atoms with van der Waals surface area (Å²) >= 11 is 0. The van der Waals surface area contributed by atoms with Crippen molar-refractivity contribution in [2.24, 2.45) is 11.3 Å². The van der Waals surface area contributed by atoms with Crippen LogP contribution in [0.3, 0.4) is 0 Å². The summed E-state index contributed by atoms with van der Waals surface area (Å²) in [4.78, 5) is 24.2. The number of rotatable bonds is 6. The first-order valence-electron chi connectivity index (χ1n) is 7.50. The Hall–Kier alpha value is -1.41. The molecule has 0 aromatic rings. The Morgan fingerprint density at radius 1 is 1.33 bits per heavy atom. The zero-order valence-corrected chi connectivity index (χ0v) is 13.5. The van der Waals surface area contributed by atoms with Crippen molar-refractivity contribution in [1.29, 1.82) is 5.26 Å². The number of nitrogens with one attached hydrogen (secondary N) is 1. The summed E-state index contributed by atoms with van der Waals surface area (Å²) in [5.41, 5.74) is -0.915. The van der Waals surface area contributed by atoms with Crippen molar-refractivity contribution in [3.63, 3.8) is 0 Å². The summed E-state index contributed by atoms with van der Waals surface area (Å²) in [6.07, 6.45) is 3.35. The Morgan fingerprint density at radius 2 is 1.90 bits per heavy atom. The van der Waals surface area contributed by atoms with E-state index in [4.69, 9.17) is 10.00 Å². The summed E-state index contributed by atoms with van der Waals surface area (Å²) in [6, 6.07) is 1.92. The van der Waals surface area contributed by atoms with E-state index in [2.05, 4.69) is 5.32 Å². The van der Waals surface area contributed by atoms with Gasteiger partial charge >= 0.3 is 5.97 Å². The maximum atomic E-state index is 12.2. The van der Waals surface area contributed by atoms with E-state index in [1.807, 2.05) is 26.8 Å². The van der Waals surface area contributed by atoms with Gasteiger partial charge in [-0.25, -0.2) is 0 Å². The summed E-state index contributed by atoms with van der Waals surface area (Å²) in [7, 11) is 1.39. The van der Waals surface area contributed by atoms with Crippen molar-refractivity contribution in [1.82, 2.24) is 5.32 Å². The molecule has 0 saturated heterocycles. The van der Waals surface area contributed by atoms with Crippen LogP contribution in [0.25, 0.3) is 0 Å². The first kappa shape index (κ1) is 17.6. The summed E-state index contributed by atoms with van der Waals surface area (Å²) in [6.45, 7) is 6.34. The highest BCUT2D eigenvalue weighted by molar-refractivity contribution is 5.84. The molecule has 1 N–H and O–H groups in total. The number of methoxy groups -OCH3 is 1. The highest BCUT2D eigenvalue weighted by Gasteiger charge is 2.43. The van der Waals surface area contributed by atoms with E-state index in [-0.39, 0.29) is 29.5 Å². The molecule has 1 aliphatic rings. The fraction of sp³-hybridized carbons (Fsp3) is 0.812. The molecule has 1 fully saturated rings. The van der Waals surface area contributed by atoms with Gasteiger partial charge in [0.15, 0.2) is 5.78 Å². The molecule has 21 heavy (non-hydrogen) atoms. The first-order valence-corrected chi connectivity index (χ1v) is 7.50. The van der Waals surface area contributed by atoms with Gasteiger partial charge in [0.1, 0.15) is 5.54 Å². The molecule has 0 aliphatic heterocycles. The van der Waals surface area contributed by atoms with Crippen LogP contribution in [0.5, 0.6) is 0 Å². The molecule has 118 valence electrons. The van der Waals surface area contributed by atoms with Crippen molar-refractivity contribution in [3.8, 4) is 6.07 Å². The van der Waals surface area contributed by atoms with Crippen molar-refractivity contribution in [2.75, 3.05) is 13.7 Å². The average molecular weight is 294 g/mol. The molecule has 1 saturated carbocycles. The number of hydrogen-bond donors (Lipinski definition) is 1. The second kappa shape index (κ2) is 7.04. The van der Waals surface area contributed by atoms with Crippen molar-refractivity contribution < 1.29 is 14.3 Å². The number of esters is 1. The molecule has 1 atom stereocenters. The molecule has 0 heterocycles. The van der Waals surface area contributed by atoms with Crippen molar-refractivity contribution in [3.05, 3.63) is 0 Å². The van der Waals surface area contributed by atoms with E-state index in [0.717, 1.165) is 25.7 Å². The summed E-state index contributed by atoms with van der Waals surface area (Å²) in [5.74, 6) is -0.616. The lowest BCUT2D eigenvalue weighted by molar-refractivity contribution is -0.149. The average Bonchev–Trinajstić information content (AvgIpc) is 2.86. The second-order valence-electron chi connectivity index (χ2n) is 6.88. The number of nitriles is 1. The molecule has 5 nitrogen and oxygen atoms in total. The number of Topliss-reactive ketones (excluding diaryl/α,β-unsaturated/α-hetero) is 1. The smallest absolute Gasteiger partial charge is 0.326 e. The molecule has 0 amide bonds. The van der Waals surface area contributed by atoms with Gasteiger partial charge in [0.2, 0.25) is 0 Å². The highest BCUT2D eigenvalue weighted by Crippen LogP contribution is 2.33. The first-order chi connectivity index (χ1) is 9.77. The van der Waals surface area contributed by atoms with Gasteiger partial charge in [-0.05, 0) is 18.3 Å². The minimum Gasteiger partial charge on any atom is -0.468 e. The maximum Gasteiger partial charge on any atom is 0.326 e. The summed E-state index contributed by atoms with van der Waals surface area (Å²) in [5, 5.41) is 12.0.